The number of hydrogen-bond donors (Lipinski definition) is 1. The molecule has 4 nitrogen and oxygen atoms in total. The third-order valence-corrected chi connectivity index (χ3v) is 3.76. The van der Waals surface area contributed by atoms with Crippen LogP contribution in [0.3, 0.4) is 0 Å². The Labute approximate surface area is 117 Å². The third-order valence-electron chi connectivity index (χ3n) is 3.45. The summed E-state index contributed by atoms with van der Waals surface area (Å²) in [5.41, 5.74) is 0.464. The number of ketones is 1. The molecule has 1 aromatic carbocycles. The molecule has 0 bridgehead atoms. The van der Waals surface area contributed by atoms with Crippen molar-refractivity contribution in [3.05, 3.63) is 22.7 Å². The molecule has 0 aliphatic carbocycles. The van der Waals surface area contributed by atoms with E-state index in [1.807, 2.05) is 20.8 Å². The van der Waals surface area contributed by atoms with Crippen molar-refractivity contribution >= 4 is 29.0 Å². The summed E-state index contributed by atoms with van der Waals surface area (Å²) in [5.74, 6) is 0.235. The lowest BCUT2D eigenvalue weighted by Crippen LogP contribution is -2.27. The molecule has 0 unspecified atom stereocenters. The van der Waals surface area contributed by atoms with Gasteiger partial charge in [-0.25, -0.2) is 0 Å². The molecule has 1 aliphatic heterocycles. The summed E-state index contributed by atoms with van der Waals surface area (Å²) in [4.78, 5) is 23.7. The van der Waals surface area contributed by atoms with Crippen LogP contribution in [0.5, 0.6) is 5.75 Å². The van der Waals surface area contributed by atoms with Crippen LogP contribution in [-0.2, 0) is 4.79 Å². The zero-order valence-corrected chi connectivity index (χ0v) is 11.9. The van der Waals surface area contributed by atoms with Crippen LogP contribution in [0.25, 0.3) is 0 Å². The number of Topliss-reactive ketones (excluding diaryl/α,β-unsaturated/α-hetero) is 1. The van der Waals surface area contributed by atoms with Gasteiger partial charge < -0.3 is 10.1 Å². The zero-order valence-electron chi connectivity index (χ0n) is 11.2. The van der Waals surface area contributed by atoms with Crippen molar-refractivity contribution in [3.63, 3.8) is 0 Å². The summed E-state index contributed by atoms with van der Waals surface area (Å²) in [5, 5.41) is 2.99. The van der Waals surface area contributed by atoms with E-state index in [4.69, 9.17) is 16.3 Å². The molecule has 0 atom stereocenters. The van der Waals surface area contributed by atoms with Crippen LogP contribution in [0.1, 0.15) is 37.6 Å². The molecule has 1 amide bonds. The van der Waals surface area contributed by atoms with Crippen molar-refractivity contribution in [2.75, 3.05) is 11.9 Å². The molecule has 19 heavy (non-hydrogen) atoms. The fourth-order valence-corrected chi connectivity index (χ4v) is 2.05. The number of nitrogens with one attached hydrogen (secondary N) is 1. The highest BCUT2D eigenvalue weighted by atomic mass is 35.5. The van der Waals surface area contributed by atoms with E-state index in [0.29, 0.717) is 22.0 Å². The zero-order chi connectivity index (χ0) is 14.2. The fourth-order valence-electron chi connectivity index (χ4n) is 1.80. The molecule has 0 saturated heterocycles. The summed E-state index contributed by atoms with van der Waals surface area (Å²) in [7, 11) is 0. The van der Waals surface area contributed by atoms with Gasteiger partial charge in [-0.3, -0.25) is 9.59 Å². The fraction of sp³-hybridized carbons (Fsp3) is 0.429. The first-order valence-electron chi connectivity index (χ1n) is 6.16. The van der Waals surface area contributed by atoms with E-state index in [1.165, 1.54) is 0 Å². The second kappa shape index (κ2) is 4.85. The number of fused-ring (bicyclic) bond motifs is 1. The van der Waals surface area contributed by atoms with Crippen molar-refractivity contribution in [2.24, 2.45) is 5.41 Å². The van der Waals surface area contributed by atoms with Gasteiger partial charge in [0.25, 0.3) is 5.91 Å². The van der Waals surface area contributed by atoms with Gasteiger partial charge in [0.1, 0.15) is 5.75 Å². The maximum atomic E-state index is 12.4. The number of ether oxygens (including phenoxy) is 1. The monoisotopic (exact) mass is 281 g/mol. The average molecular weight is 282 g/mol. The molecule has 102 valence electrons. The summed E-state index contributed by atoms with van der Waals surface area (Å²) in [6.07, 6.45) is 0.719. The van der Waals surface area contributed by atoms with Gasteiger partial charge in [-0.2, -0.15) is 0 Å². The quantitative estimate of drug-likeness (QED) is 0.865. The Hall–Kier alpha value is -1.55. The minimum Gasteiger partial charge on any atom is -0.482 e. The molecule has 2 rings (SSSR count). The predicted octanol–water partition coefficient (Wildman–Crippen LogP) is 3.29. The van der Waals surface area contributed by atoms with E-state index < -0.39 is 5.41 Å². The van der Waals surface area contributed by atoms with E-state index >= 15 is 0 Å². The van der Waals surface area contributed by atoms with E-state index in [1.54, 1.807) is 12.1 Å². The van der Waals surface area contributed by atoms with Gasteiger partial charge >= 0.3 is 0 Å². The minimum absolute atomic E-state index is 0.0247. The number of carbonyl (C=O) groups excluding carboxylic acids is 2. The molecule has 0 radical (unpaired) electrons. The third kappa shape index (κ3) is 2.59. The molecule has 1 aliphatic rings. The largest absolute Gasteiger partial charge is 0.482 e. The van der Waals surface area contributed by atoms with Crippen LogP contribution in [-0.4, -0.2) is 18.3 Å². The molecule has 5 heteroatoms. The highest BCUT2D eigenvalue weighted by Gasteiger charge is 2.30. The predicted molar refractivity (Wildman–Crippen MR) is 74.0 cm³/mol. The van der Waals surface area contributed by atoms with Gasteiger partial charge in [0, 0.05) is 11.0 Å². The van der Waals surface area contributed by atoms with Gasteiger partial charge in [0.05, 0.1) is 10.7 Å². The SMILES string of the molecule is CCC(C)(C)C(=O)c1cc2c(cc1Cl)NC(=O)CO2. The van der Waals surface area contributed by atoms with Crippen molar-refractivity contribution in [2.45, 2.75) is 27.2 Å². The molecular formula is C14H16ClNO3. The van der Waals surface area contributed by atoms with Crippen LogP contribution in [0, 0.1) is 5.41 Å². The summed E-state index contributed by atoms with van der Waals surface area (Å²) >= 11 is 6.14. The minimum atomic E-state index is -0.476. The van der Waals surface area contributed by atoms with Crippen molar-refractivity contribution in [1.82, 2.24) is 0 Å². The number of amides is 1. The van der Waals surface area contributed by atoms with Crippen LogP contribution in [0.15, 0.2) is 12.1 Å². The maximum absolute atomic E-state index is 12.4. The highest BCUT2D eigenvalue weighted by molar-refractivity contribution is 6.34. The Morgan fingerprint density at radius 1 is 1.47 bits per heavy atom. The van der Waals surface area contributed by atoms with E-state index in [-0.39, 0.29) is 18.3 Å². The van der Waals surface area contributed by atoms with E-state index in [0.717, 1.165) is 6.42 Å². The van der Waals surface area contributed by atoms with Gasteiger partial charge in [-0.1, -0.05) is 32.4 Å². The van der Waals surface area contributed by atoms with Crippen molar-refractivity contribution in [3.8, 4) is 5.75 Å². The van der Waals surface area contributed by atoms with Gasteiger partial charge in [0.15, 0.2) is 12.4 Å². The molecule has 0 spiro atoms. The molecule has 1 aromatic rings. The standard InChI is InChI=1S/C14H16ClNO3/c1-4-14(2,3)13(18)8-5-11-10(6-9(8)15)16-12(17)7-19-11/h5-6H,4,7H2,1-3H3,(H,16,17). The number of hydrogen-bond acceptors (Lipinski definition) is 3. The first-order valence-corrected chi connectivity index (χ1v) is 6.54. The molecule has 1 heterocycles. The molecule has 0 saturated carbocycles. The maximum Gasteiger partial charge on any atom is 0.262 e. The lowest BCUT2D eigenvalue weighted by molar-refractivity contribution is -0.118. The van der Waals surface area contributed by atoms with Gasteiger partial charge in [-0.15, -0.1) is 0 Å². The average Bonchev–Trinajstić information content (AvgIpc) is 2.37. The second-order valence-electron chi connectivity index (χ2n) is 5.23. The number of carbonyl (C=O) groups is 2. The van der Waals surface area contributed by atoms with Crippen LogP contribution >= 0.6 is 11.6 Å². The van der Waals surface area contributed by atoms with E-state index in [9.17, 15) is 9.59 Å². The highest BCUT2D eigenvalue weighted by Crippen LogP contribution is 2.37. The topological polar surface area (TPSA) is 55.4 Å². The summed E-state index contributed by atoms with van der Waals surface area (Å²) < 4.78 is 5.30. The molecule has 0 aromatic heterocycles. The lowest BCUT2D eigenvalue weighted by atomic mass is 9.82. The molecule has 0 fully saturated rings. The first-order chi connectivity index (χ1) is 8.85. The van der Waals surface area contributed by atoms with E-state index in [2.05, 4.69) is 5.32 Å². The lowest BCUT2D eigenvalue weighted by Gasteiger charge is -2.24. The number of benzene rings is 1. The molecule has 1 N–H and O–H groups in total. The van der Waals surface area contributed by atoms with Crippen LogP contribution < -0.4 is 10.1 Å². The van der Waals surface area contributed by atoms with Crippen molar-refractivity contribution in [1.29, 1.82) is 0 Å². The van der Waals surface area contributed by atoms with Gasteiger partial charge in [0.2, 0.25) is 0 Å². The van der Waals surface area contributed by atoms with Crippen molar-refractivity contribution < 1.29 is 14.3 Å². The first kappa shape index (κ1) is 13.9. The Balaban J connectivity index is 2.44. The summed E-state index contributed by atoms with van der Waals surface area (Å²) in [6.45, 7) is 5.68. The number of halogens is 1. The molecular weight excluding hydrogens is 266 g/mol. The van der Waals surface area contributed by atoms with Crippen LogP contribution in [0.2, 0.25) is 5.02 Å². The Kier molecular flexibility index (Phi) is 3.54. The normalized spacial score (nSPS) is 14.4. The Morgan fingerprint density at radius 2 is 2.16 bits per heavy atom. The Morgan fingerprint density at radius 3 is 2.79 bits per heavy atom. The summed E-state index contributed by atoms with van der Waals surface area (Å²) in [6, 6.07) is 3.17. The second-order valence-corrected chi connectivity index (χ2v) is 5.64. The smallest absolute Gasteiger partial charge is 0.262 e. The number of rotatable bonds is 3. The number of anilines is 1. The van der Waals surface area contributed by atoms with Crippen LogP contribution in [0.4, 0.5) is 5.69 Å². The van der Waals surface area contributed by atoms with Gasteiger partial charge in [-0.05, 0) is 18.6 Å². The Bertz CT molecular complexity index is 552.